The summed E-state index contributed by atoms with van der Waals surface area (Å²) >= 11 is 0. The molecule has 2 aliphatic heterocycles. The third-order valence-electron chi connectivity index (χ3n) is 8.07. The van der Waals surface area contributed by atoms with E-state index < -0.39 is 0 Å². The number of carbonyl (C=O) groups is 1. The maximum Gasteiger partial charge on any atom is 0.257 e. The first-order valence-electron chi connectivity index (χ1n) is 14.0. The molecule has 6 rings (SSSR count). The van der Waals surface area contributed by atoms with Crippen LogP contribution in [0.15, 0.2) is 54.9 Å². The molecule has 0 spiro atoms. The number of ether oxygens (including phenoxy) is 1. The van der Waals surface area contributed by atoms with E-state index in [4.69, 9.17) is 9.72 Å². The first kappa shape index (κ1) is 26.1. The van der Waals surface area contributed by atoms with Crippen molar-refractivity contribution < 1.29 is 9.53 Å². The Labute approximate surface area is 235 Å². The highest BCUT2D eigenvalue weighted by Crippen LogP contribution is 2.30. The Morgan fingerprint density at radius 2 is 1.77 bits per heavy atom. The number of nitrogens with one attached hydrogen (secondary N) is 2. The standard InChI is InChI=1S/C32H36N6O2/c1-20-6-5-7-21(2)29(20)35-31(39)26-14-17-38-28(26)11-8-23-19-33-32(36-30(23)38)34-27-10-9-25(18-22(27)3)40-24-12-15-37(4)16-13-24/h5-7,9-10,14,17-19,24H,8,11-13,15-16H2,1-4H3,(H,35,39)(H,33,34,36). The van der Waals surface area contributed by atoms with Crippen molar-refractivity contribution in [1.82, 2.24) is 19.4 Å². The van der Waals surface area contributed by atoms with Crippen molar-refractivity contribution >= 4 is 23.2 Å². The molecule has 1 amide bonds. The number of carbonyl (C=O) groups excluding carboxylic acids is 1. The third-order valence-corrected chi connectivity index (χ3v) is 8.07. The normalized spacial score (nSPS) is 15.3. The van der Waals surface area contributed by atoms with Crippen LogP contribution in [0.25, 0.3) is 5.82 Å². The Morgan fingerprint density at radius 1 is 1.00 bits per heavy atom. The van der Waals surface area contributed by atoms with Gasteiger partial charge < -0.3 is 24.8 Å². The van der Waals surface area contributed by atoms with Crippen LogP contribution >= 0.6 is 0 Å². The Kier molecular flexibility index (Phi) is 7.02. The van der Waals surface area contributed by atoms with Crippen LogP contribution in [-0.4, -0.2) is 51.6 Å². The number of hydrogen-bond donors (Lipinski definition) is 2. The van der Waals surface area contributed by atoms with Crippen LogP contribution in [0.2, 0.25) is 0 Å². The number of aromatic nitrogens is 3. The Bertz CT molecular complexity index is 1550. The zero-order valence-electron chi connectivity index (χ0n) is 23.6. The second kappa shape index (κ2) is 10.8. The van der Waals surface area contributed by atoms with Gasteiger partial charge in [0.05, 0.1) is 5.56 Å². The van der Waals surface area contributed by atoms with E-state index in [2.05, 4.69) is 40.6 Å². The van der Waals surface area contributed by atoms with E-state index in [1.165, 1.54) is 0 Å². The quantitative estimate of drug-likeness (QED) is 0.326. The lowest BCUT2D eigenvalue weighted by Crippen LogP contribution is -2.35. The van der Waals surface area contributed by atoms with E-state index in [1.807, 2.05) is 67.2 Å². The van der Waals surface area contributed by atoms with Crippen molar-refractivity contribution in [1.29, 1.82) is 0 Å². The fourth-order valence-electron chi connectivity index (χ4n) is 5.68. The van der Waals surface area contributed by atoms with Crippen LogP contribution in [0, 0.1) is 20.8 Å². The highest BCUT2D eigenvalue weighted by molar-refractivity contribution is 6.06. The SMILES string of the molecule is Cc1cc(OC2CCN(C)CC2)ccc1Nc1ncc2c(n1)-n1ccc(C(=O)Nc3c(C)cccc3C)c1CC2. The molecule has 2 N–H and O–H groups in total. The zero-order valence-corrected chi connectivity index (χ0v) is 23.6. The smallest absolute Gasteiger partial charge is 0.257 e. The number of anilines is 3. The van der Waals surface area contributed by atoms with Gasteiger partial charge in [-0.25, -0.2) is 4.98 Å². The van der Waals surface area contributed by atoms with Gasteiger partial charge in [0.2, 0.25) is 5.95 Å². The number of para-hydroxylation sites is 1. The number of likely N-dealkylation sites (tertiary alicyclic amines) is 1. The second-order valence-corrected chi connectivity index (χ2v) is 11.0. The summed E-state index contributed by atoms with van der Waals surface area (Å²) in [5.41, 5.74) is 7.68. The highest BCUT2D eigenvalue weighted by Gasteiger charge is 2.25. The number of piperidine rings is 1. The van der Waals surface area contributed by atoms with Gasteiger partial charge >= 0.3 is 0 Å². The van der Waals surface area contributed by atoms with E-state index in [1.54, 1.807) is 0 Å². The first-order valence-corrected chi connectivity index (χ1v) is 14.0. The van der Waals surface area contributed by atoms with Crippen LogP contribution in [0.1, 0.15) is 51.1 Å². The molecule has 0 aliphatic carbocycles. The molecular weight excluding hydrogens is 500 g/mol. The maximum absolute atomic E-state index is 13.3. The number of amides is 1. The molecule has 0 unspecified atom stereocenters. The Hall–Kier alpha value is -4.17. The maximum atomic E-state index is 13.3. The monoisotopic (exact) mass is 536 g/mol. The van der Waals surface area contributed by atoms with E-state index >= 15 is 0 Å². The van der Waals surface area contributed by atoms with E-state index in [0.717, 1.165) is 89.7 Å². The molecule has 206 valence electrons. The third kappa shape index (κ3) is 5.19. The minimum atomic E-state index is -0.0971. The molecule has 1 fully saturated rings. The molecular formula is C32H36N6O2. The molecule has 0 atom stereocenters. The minimum absolute atomic E-state index is 0.0971. The molecule has 40 heavy (non-hydrogen) atoms. The number of fused-ring (bicyclic) bond motifs is 3. The van der Waals surface area contributed by atoms with Gasteiger partial charge in [0.1, 0.15) is 17.7 Å². The summed E-state index contributed by atoms with van der Waals surface area (Å²) in [7, 11) is 2.16. The van der Waals surface area contributed by atoms with Crippen molar-refractivity contribution in [2.24, 2.45) is 0 Å². The molecule has 0 saturated carbocycles. The van der Waals surface area contributed by atoms with Gasteiger partial charge in [-0.15, -0.1) is 0 Å². The topological polar surface area (TPSA) is 84.3 Å². The molecule has 1 saturated heterocycles. The van der Waals surface area contributed by atoms with E-state index in [0.29, 0.717) is 11.5 Å². The summed E-state index contributed by atoms with van der Waals surface area (Å²) in [4.78, 5) is 25.1. The van der Waals surface area contributed by atoms with Gasteiger partial charge in [-0.2, -0.15) is 4.98 Å². The Balaban J connectivity index is 1.19. The first-order chi connectivity index (χ1) is 19.4. The number of benzene rings is 2. The zero-order chi connectivity index (χ0) is 27.8. The fourth-order valence-corrected chi connectivity index (χ4v) is 5.68. The average Bonchev–Trinajstić information content (AvgIpc) is 3.38. The predicted molar refractivity (Wildman–Crippen MR) is 158 cm³/mol. The summed E-state index contributed by atoms with van der Waals surface area (Å²) in [6.45, 7) is 8.23. The molecule has 4 aromatic rings. The second-order valence-electron chi connectivity index (χ2n) is 11.0. The summed E-state index contributed by atoms with van der Waals surface area (Å²) in [6.07, 6.45) is 7.72. The number of nitrogens with zero attached hydrogens (tertiary/aromatic N) is 4. The van der Waals surface area contributed by atoms with Crippen molar-refractivity contribution in [2.45, 2.75) is 52.6 Å². The average molecular weight is 537 g/mol. The van der Waals surface area contributed by atoms with Gasteiger partial charge in [0, 0.05) is 48.1 Å². The summed E-state index contributed by atoms with van der Waals surface area (Å²) in [5, 5.41) is 6.52. The van der Waals surface area contributed by atoms with Crippen LogP contribution < -0.4 is 15.4 Å². The molecule has 2 aromatic heterocycles. The molecule has 8 nitrogen and oxygen atoms in total. The van der Waals surface area contributed by atoms with Crippen molar-refractivity contribution in [3.05, 3.63) is 88.4 Å². The van der Waals surface area contributed by atoms with Crippen molar-refractivity contribution in [3.8, 4) is 11.6 Å². The number of aryl methyl sites for hydroxylation is 4. The van der Waals surface area contributed by atoms with Crippen LogP contribution in [0.4, 0.5) is 17.3 Å². The Morgan fingerprint density at radius 3 is 2.52 bits per heavy atom. The predicted octanol–water partition coefficient (Wildman–Crippen LogP) is 5.76. The van der Waals surface area contributed by atoms with Gasteiger partial charge in [-0.3, -0.25) is 4.79 Å². The molecule has 2 aliphatic rings. The fraction of sp³-hybridized carbons (Fsp3) is 0.344. The molecule has 4 heterocycles. The van der Waals surface area contributed by atoms with E-state index in [-0.39, 0.29) is 12.0 Å². The summed E-state index contributed by atoms with van der Waals surface area (Å²) in [5.74, 6) is 2.13. The van der Waals surface area contributed by atoms with Gasteiger partial charge in [-0.1, -0.05) is 18.2 Å². The van der Waals surface area contributed by atoms with Crippen molar-refractivity contribution in [3.63, 3.8) is 0 Å². The van der Waals surface area contributed by atoms with Gasteiger partial charge in [0.25, 0.3) is 5.91 Å². The van der Waals surface area contributed by atoms with E-state index in [9.17, 15) is 4.79 Å². The van der Waals surface area contributed by atoms with Crippen LogP contribution in [-0.2, 0) is 12.8 Å². The van der Waals surface area contributed by atoms with Crippen molar-refractivity contribution in [2.75, 3.05) is 30.8 Å². The highest BCUT2D eigenvalue weighted by atomic mass is 16.5. The number of hydrogen-bond acceptors (Lipinski definition) is 6. The lowest BCUT2D eigenvalue weighted by Gasteiger charge is -2.29. The van der Waals surface area contributed by atoms with Crippen LogP contribution in [0.5, 0.6) is 5.75 Å². The molecule has 2 aromatic carbocycles. The summed E-state index contributed by atoms with van der Waals surface area (Å²) < 4.78 is 8.28. The minimum Gasteiger partial charge on any atom is -0.490 e. The lowest BCUT2D eigenvalue weighted by molar-refractivity contribution is 0.102. The molecule has 8 heteroatoms. The summed E-state index contributed by atoms with van der Waals surface area (Å²) in [6, 6.07) is 14.0. The molecule has 0 radical (unpaired) electrons. The molecule has 0 bridgehead atoms. The number of rotatable bonds is 6. The van der Waals surface area contributed by atoms with Crippen LogP contribution in [0.3, 0.4) is 0 Å². The largest absolute Gasteiger partial charge is 0.490 e. The lowest BCUT2D eigenvalue weighted by atomic mass is 10.0. The van der Waals surface area contributed by atoms with Gasteiger partial charge in [0.15, 0.2) is 0 Å². The van der Waals surface area contributed by atoms with Gasteiger partial charge in [-0.05, 0) is 94.5 Å².